The van der Waals surface area contributed by atoms with Crippen LogP contribution in [0.15, 0.2) is 41.8 Å². The number of anilines is 1. The summed E-state index contributed by atoms with van der Waals surface area (Å²) in [6.07, 6.45) is 3.78. The van der Waals surface area contributed by atoms with Crippen LogP contribution in [0, 0.1) is 18.8 Å². The van der Waals surface area contributed by atoms with Gasteiger partial charge in [0.2, 0.25) is 11.8 Å². The molecule has 2 aromatic rings. The minimum absolute atomic E-state index is 0.0644. The Kier molecular flexibility index (Phi) is 4.85. The predicted octanol–water partition coefficient (Wildman–Crippen LogP) is 4.31. The molecule has 0 spiro atoms. The molecule has 0 N–H and O–H groups in total. The van der Waals surface area contributed by atoms with Gasteiger partial charge in [-0.15, -0.1) is 11.3 Å². The molecule has 3 aliphatic rings. The van der Waals surface area contributed by atoms with Crippen molar-refractivity contribution in [2.24, 2.45) is 11.8 Å². The van der Waals surface area contributed by atoms with Crippen molar-refractivity contribution in [1.29, 1.82) is 0 Å². The summed E-state index contributed by atoms with van der Waals surface area (Å²) in [6.45, 7) is 6.58. The second-order valence-electron chi connectivity index (χ2n) is 8.79. The average Bonchev–Trinajstić information content (AvgIpc) is 3.44. The predicted molar refractivity (Wildman–Crippen MR) is 122 cm³/mol. The van der Waals surface area contributed by atoms with E-state index in [1.54, 1.807) is 0 Å². The number of ketones is 1. The number of aryl methyl sites for hydroxylation is 1. The highest BCUT2D eigenvalue weighted by Gasteiger charge is 2.64. The highest BCUT2D eigenvalue weighted by atomic mass is 32.1. The van der Waals surface area contributed by atoms with Gasteiger partial charge in [-0.3, -0.25) is 19.3 Å². The molecule has 5 nitrogen and oxygen atoms in total. The standard InChI is InChI=1S/C25H26N2O3S/c1-4-5-10-26-24(29)20-18-13-15(3)16-12-14(2)8-9-17(16)27(18)22(21(20)25(26)30)23(28)19-7-6-11-31-19/h6-9,11-13,18,20-22H,4-5,10H2,1-3H3/t18-,20-,21-,22+/m1/s1. The number of allylic oxidation sites excluding steroid dienone is 1. The van der Waals surface area contributed by atoms with Crippen molar-refractivity contribution in [1.82, 2.24) is 4.90 Å². The molecule has 6 heteroatoms. The number of imide groups is 1. The number of likely N-dealkylation sites (tertiary alicyclic amines) is 1. The van der Waals surface area contributed by atoms with E-state index in [-0.39, 0.29) is 23.6 Å². The molecule has 0 aliphatic carbocycles. The second kappa shape index (κ2) is 7.45. The van der Waals surface area contributed by atoms with Crippen molar-refractivity contribution in [2.45, 2.75) is 45.7 Å². The summed E-state index contributed by atoms with van der Waals surface area (Å²) in [6, 6.07) is 8.91. The van der Waals surface area contributed by atoms with E-state index in [1.165, 1.54) is 16.2 Å². The van der Waals surface area contributed by atoms with Crippen molar-refractivity contribution in [3.63, 3.8) is 0 Å². The molecule has 0 radical (unpaired) electrons. The highest BCUT2D eigenvalue weighted by molar-refractivity contribution is 7.12. The molecule has 4 atom stereocenters. The van der Waals surface area contributed by atoms with Crippen LogP contribution in [0.4, 0.5) is 5.69 Å². The summed E-state index contributed by atoms with van der Waals surface area (Å²) in [7, 11) is 0. The maximum absolute atomic E-state index is 13.7. The van der Waals surface area contributed by atoms with Crippen molar-refractivity contribution in [2.75, 3.05) is 11.4 Å². The maximum atomic E-state index is 13.7. The third-order valence-corrected chi connectivity index (χ3v) is 7.75. The van der Waals surface area contributed by atoms with E-state index < -0.39 is 17.9 Å². The molecular formula is C25H26N2O3S. The number of nitrogens with zero attached hydrogens (tertiary/aromatic N) is 2. The number of Topliss-reactive ketones (excluding diaryl/α,β-unsaturated/α-hetero) is 1. The van der Waals surface area contributed by atoms with Gasteiger partial charge >= 0.3 is 0 Å². The van der Waals surface area contributed by atoms with E-state index in [0.29, 0.717) is 11.4 Å². The SMILES string of the molecule is CCCCN1C(=O)[C@@H]2[C@H](C1=O)[C@H]1C=C(C)c3cc(C)ccc3N1[C@@H]2C(=O)c1cccs1. The highest BCUT2D eigenvalue weighted by Crippen LogP contribution is 2.50. The normalized spacial score (nSPS) is 26.6. The van der Waals surface area contributed by atoms with Gasteiger partial charge in [0.15, 0.2) is 5.78 Å². The number of fused-ring (bicyclic) bond motifs is 5. The molecule has 5 rings (SSSR count). The van der Waals surface area contributed by atoms with Gasteiger partial charge in [0, 0.05) is 17.8 Å². The topological polar surface area (TPSA) is 57.7 Å². The Hall–Kier alpha value is -2.73. The lowest BCUT2D eigenvalue weighted by Crippen LogP contribution is -2.49. The van der Waals surface area contributed by atoms with Gasteiger partial charge in [0.05, 0.1) is 22.8 Å². The summed E-state index contributed by atoms with van der Waals surface area (Å²) < 4.78 is 0. The fraction of sp³-hybridized carbons (Fsp3) is 0.400. The van der Waals surface area contributed by atoms with E-state index in [4.69, 9.17) is 0 Å². The van der Waals surface area contributed by atoms with Gasteiger partial charge in [-0.25, -0.2) is 0 Å². The van der Waals surface area contributed by atoms with Crippen molar-refractivity contribution >= 4 is 40.2 Å². The first-order chi connectivity index (χ1) is 14.9. The summed E-state index contributed by atoms with van der Waals surface area (Å²) in [5.41, 5.74) is 4.25. The first-order valence-electron chi connectivity index (χ1n) is 10.9. The quantitative estimate of drug-likeness (QED) is 0.520. The van der Waals surface area contributed by atoms with Gasteiger partial charge in [0.1, 0.15) is 6.04 Å². The third kappa shape index (κ3) is 2.92. The smallest absolute Gasteiger partial charge is 0.235 e. The molecule has 160 valence electrons. The van der Waals surface area contributed by atoms with E-state index in [2.05, 4.69) is 24.0 Å². The molecule has 1 aromatic heterocycles. The zero-order chi connectivity index (χ0) is 21.9. The minimum atomic E-state index is -0.664. The van der Waals surface area contributed by atoms with Gasteiger partial charge in [-0.1, -0.05) is 37.1 Å². The molecule has 0 unspecified atom stereocenters. The van der Waals surface area contributed by atoms with Crippen LogP contribution >= 0.6 is 11.3 Å². The lowest BCUT2D eigenvalue weighted by Gasteiger charge is -2.38. The summed E-state index contributed by atoms with van der Waals surface area (Å²) >= 11 is 1.39. The van der Waals surface area contributed by atoms with Gasteiger partial charge in [0.25, 0.3) is 0 Å². The fourth-order valence-corrected chi connectivity index (χ4v) is 6.12. The largest absolute Gasteiger partial charge is 0.352 e. The van der Waals surface area contributed by atoms with Crippen LogP contribution in [0.2, 0.25) is 0 Å². The Labute approximate surface area is 186 Å². The van der Waals surface area contributed by atoms with Crippen molar-refractivity contribution in [3.8, 4) is 0 Å². The van der Waals surface area contributed by atoms with Crippen molar-refractivity contribution in [3.05, 3.63) is 57.8 Å². The minimum Gasteiger partial charge on any atom is -0.352 e. The fourth-order valence-electron chi connectivity index (χ4n) is 5.42. The number of amides is 2. The number of carbonyl (C=O) groups is 3. The molecular weight excluding hydrogens is 408 g/mol. The van der Waals surface area contributed by atoms with Crippen LogP contribution < -0.4 is 4.90 Å². The van der Waals surface area contributed by atoms with Gasteiger partial charge in [-0.2, -0.15) is 0 Å². The van der Waals surface area contributed by atoms with Crippen LogP contribution in [0.3, 0.4) is 0 Å². The number of benzene rings is 1. The Bertz CT molecular complexity index is 1100. The lowest BCUT2D eigenvalue weighted by atomic mass is 9.86. The number of rotatable bonds is 5. The Morgan fingerprint density at radius 1 is 1.10 bits per heavy atom. The van der Waals surface area contributed by atoms with Crippen LogP contribution in [0.5, 0.6) is 0 Å². The molecule has 1 aromatic carbocycles. The summed E-state index contributed by atoms with van der Waals surface area (Å²) in [5, 5.41) is 1.88. The zero-order valence-electron chi connectivity index (χ0n) is 18.0. The number of thiophene rings is 1. The van der Waals surface area contributed by atoms with E-state index in [1.807, 2.05) is 43.5 Å². The number of unbranched alkanes of at least 4 members (excludes halogenated alkanes) is 1. The third-order valence-electron chi connectivity index (χ3n) is 6.86. The first kappa shape index (κ1) is 20.2. The first-order valence-corrected chi connectivity index (χ1v) is 11.8. The molecule has 3 aliphatic heterocycles. The van der Waals surface area contributed by atoms with E-state index in [9.17, 15) is 14.4 Å². The number of hydrogen-bond donors (Lipinski definition) is 0. The molecule has 31 heavy (non-hydrogen) atoms. The molecule has 2 amide bonds. The van der Waals surface area contributed by atoms with Crippen LogP contribution in [0.25, 0.3) is 5.57 Å². The Balaban J connectivity index is 1.66. The van der Waals surface area contributed by atoms with Crippen LogP contribution in [0.1, 0.15) is 47.5 Å². The monoisotopic (exact) mass is 434 g/mol. The number of hydrogen-bond acceptors (Lipinski definition) is 5. The molecule has 0 bridgehead atoms. The molecule has 4 heterocycles. The molecule has 2 fully saturated rings. The Morgan fingerprint density at radius 3 is 2.58 bits per heavy atom. The second-order valence-corrected chi connectivity index (χ2v) is 9.74. The van der Waals surface area contributed by atoms with Crippen LogP contribution in [-0.2, 0) is 9.59 Å². The summed E-state index contributed by atoms with van der Waals surface area (Å²) in [5.74, 6) is -1.53. The molecule has 2 saturated heterocycles. The number of carbonyl (C=O) groups excluding carboxylic acids is 3. The lowest BCUT2D eigenvalue weighted by molar-refractivity contribution is -0.140. The zero-order valence-corrected chi connectivity index (χ0v) is 18.8. The average molecular weight is 435 g/mol. The van der Waals surface area contributed by atoms with Gasteiger partial charge < -0.3 is 4.90 Å². The van der Waals surface area contributed by atoms with Crippen molar-refractivity contribution < 1.29 is 14.4 Å². The molecule has 0 saturated carbocycles. The van der Waals surface area contributed by atoms with Gasteiger partial charge in [-0.05, 0) is 49.4 Å². The maximum Gasteiger partial charge on any atom is 0.235 e. The summed E-state index contributed by atoms with van der Waals surface area (Å²) in [4.78, 5) is 44.7. The van der Waals surface area contributed by atoms with Crippen LogP contribution in [-0.4, -0.2) is 41.1 Å². The van der Waals surface area contributed by atoms with E-state index in [0.717, 1.165) is 35.2 Å². The Morgan fingerprint density at radius 2 is 1.87 bits per heavy atom. The van der Waals surface area contributed by atoms with E-state index >= 15 is 0 Å².